The average Bonchev–Trinajstić information content (AvgIpc) is 2.81. The van der Waals surface area contributed by atoms with Gasteiger partial charge in [-0.3, -0.25) is 9.59 Å². The zero-order valence-electron chi connectivity index (χ0n) is 12.5. The molecule has 3 rings (SSSR count). The molecule has 0 bridgehead atoms. The van der Waals surface area contributed by atoms with Crippen molar-refractivity contribution in [2.24, 2.45) is 0 Å². The molecule has 5 heteroatoms. The number of amides is 2. The Kier molecular flexibility index (Phi) is 3.48. The van der Waals surface area contributed by atoms with Crippen LogP contribution in [0.4, 0.5) is 0 Å². The molecular weight excluding hydrogens is 254 g/mol. The maximum absolute atomic E-state index is 12.7. The molecule has 2 atom stereocenters. The monoisotopic (exact) mass is 279 g/mol. The molecule has 3 heterocycles. The molecule has 0 aromatic heterocycles. The lowest BCUT2D eigenvalue weighted by atomic mass is 9.94. The second kappa shape index (κ2) is 5.02. The van der Waals surface area contributed by atoms with Gasteiger partial charge in [0.05, 0.1) is 0 Å². The van der Waals surface area contributed by atoms with Crippen LogP contribution < -0.4 is 5.32 Å². The molecule has 2 amide bonds. The average molecular weight is 279 g/mol. The molecule has 20 heavy (non-hydrogen) atoms. The van der Waals surface area contributed by atoms with Crippen LogP contribution >= 0.6 is 0 Å². The molecule has 3 aliphatic heterocycles. The molecule has 0 aromatic rings. The van der Waals surface area contributed by atoms with Crippen molar-refractivity contribution < 1.29 is 9.59 Å². The highest BCUT2D eigenvalue weighted by molar-refractivity contribution is 5.93. The minimum absolute atomic E-state index is 0.0100. The van der Waals surface area contributed by atoms with E-state index in [9.17, 15) is 9.59 Å². The summed E-state index contributed by atoms with van der Waals surface area (Å²) in [6.45, 7) is 6.52. The molecule has 0 aromatic carbocycles. The molecule has 0 saturated carbocycles. The summed E-state index contributed by atoms with van der Waals surface area (Å²) in [5.41, 5.74) is -0.763. The van der Waals surface area contributed by atoms with Crippen LogP contribution in [0.5, 0.6) is 0 Å². The lowest BCUT2D eigenvalue weighted by Gasteiger charge is -2.42. The summed E-state index contributed by atoms with van der Waals surface area (Å²) in [6.07, 6.45) is 5.11. The van der Waals surface area contributed by atoms with Crippen molar-refractivity contribution in [1.82, 2.24) is 15.1 Å². The number of carbonyl (C=O) groups is 2. The zero-order chi connectivity index (χ0) is 14.3. The van der Waals surface area contributed by atoms with Crippen molar-refractivity contribution in [1.29, 1.82) is 0 Å². The van der Waals surface area contributed by atoms with Crippen molar-refractivity contribution >= 4 is 11.8 Å². The predicted octanol–water partition coefficient (Wildman–Crippen LogP) is 0.740. The van der Waals surface area contributed by atoms with Gasteiger partial charge >= 0.3 is 0 Å². The van der Waals surface area contributed by atoms with E-state index in [1.54, 1.807) is 0 Å². The number of piperidine rings is 1. The van der Waals surface area contributed by atoms with Gasteiger partial charge in [-0.2, -0.15) is 0 Å². The van der Waals surface area contributed by atoms with Crippen LogP contribution in [0.3, 0.4) is 0 Å². The molecule has 0 aliphatic carbocycles. The van der Waals surface area contributed by atoms with E-state index in [4.69, 9.17) is 0 Å². The van der Waals surface area contributed by atoms with E-state index in [1.807, 2.05) is 18.7 Å². The van der Waals surface area contributed by atoms with E-state index in [-0.39, 0.29) is 11.8 Å². The number of nitrogens with one attached hydrogen (secondary N) is 1. The van der Waals surface area contributed by atoms with Crippen molar-refractivity contribution in [2.75, 3.05) is 19.6 Å². The Morgan fingerprint density at radius 3 is 2.70 bits per heavy atom. The molecule has 0 spiro atoms. The first-order valence-corrected chi connectivity index (χ1v) is 7.83. The van der Waals surface area contributed by atoms with Gasteiger partial charge in [-0.1, -0.05) is 0 Å². The number of nitrogens with zero attached hydrogens (tertiary/aromatic N) is 2. The maximum Gasteiger partial charge on any atom is 0.248 e. The van der Waals surface area contributed by atoms with E-state index in [0.717, 1.165) is 19.4 Å². The van der Waals surface area contributed by atoms with Gasteiger partial charge < -0.3 is 15.1 Å². The lowest BCUT2D eigenvalue weighted by molar-refractivity contribution is -0.140. The predicted molar refractivity (Wildman–Crippen MR) is 76.2 cm³/mol. The first-order valence-electron chi connectivity index (χ1n) is 7.83. The molecule has 3 fully saturated rings. The van der Waals surface area contributed by atoms with Gasteiger partial charge in [0, 0.05) is 31.6 Å². The van der Waals surface area contributed by atoms with Crippen LogP contribution in [-0.4, -0.2) is 58.9 Å². The largest absolute Gasteiger partial charge is 0.342 e. The second-order valence-electron chi connectivity index (χ2n) is 6.93. The van der Waals surface area contributed by atoms with E-state index in [0.29, 0.717) is 25.0 Å². The minimum atomic E-state index is -0.763. The summed E-state index contributed by atoms with van der Waals surface area (Å²) < 4.78 is 0. The number of rotatable bonds is 1. The Hall–Kier alpha value is -1.10. The van der Waals surface area contributed by atoms with E-state index < -0.39 is 5.54 Å². The number of hydrogen-bond acceptors (Lipinski definition) is 3. The van der Waals surface area contributed by atoms with Crippen LogP contribution in [0, 0.1) is 0 Å². The van der Waals surface area contributed by atoms with E-state index in [1.165, 1.54) is 19.4 Å². The Bertz CT molecular complexity index is 421. The summed E-state index contributed by atoms with van der Waals surface area (Å²) in [5, 5.41) is 2.84. The highest BCUT2D eigenvalue weighted by Gasteiger charge is 2.42. The molecule has 5 nitrogen and oxygen atoms in total. The molecule has 0 radical (unpaired) electrons. The van der Waals surface area contributed by atoms with Crippen molar-refractivity contribution in [2.45, 2.75) is 63.6 Å². The van der Waals surface area contributed by atoms with Gasteiger partial charge in [0.25, 0.3) is 0 Å². The van der Waals surface area contributed by atoms with Crippen LogP contribution in [0.15, 0.2) is 0 Å². The molecular formula is C15H25N3O2. The molecule has 3 saturated heterocycles. The Labute approximate surface area is 120 Å². The van der Waals surface area contributed by atoms with Crippen molar-refractivity contribution in [3.8, 4) is 0 Å². The zero-order valence-corrected chi connectivity index (χ0v) is 12.5. The van der Waals surface area contributed by atoms with Gasteiger partial charge in [-0.25, -0.2) is 0 Å². The van der Waals surface area contributed by atoms with Crippen LogP contribution in [0.1, 0.15) is 46.0 Å². The Morgan fingerprint density at radius 1 is 1.10 bits per heavy atom. The molecule has 1 N–H and O–H groups in total. The van der Waals surface area contributed by atoms with E-state index >= 15 is 0 Å². The first-order chi connectivity index (χ1) is 9.47. The summed E-state index contributed by atoms with van der Waals surface area (Å²) in [7, 11) is 0. The fourth-order valence-corrected chi connectivity index (χ4v) is 3.98. The van der Waals surface area contributed by atoms with Crippen molar-refractivity contribution in [3.05, 3.63) is 0 Å². The molecule has 2 unspecified atom stereocenters. The van der Waals surface area contributed by atoms with Gasteiger partial charge in [0.1, 0.15) is 5.54 Å². The number of fused-ring (bicyclic) bond motifs is 1. The third-order valence-electron chi connectivity index (χ3n) is 5.06. The lowest BCUT2D eigenvalue weighted by Crippen LogP contribution is -2.57. The second-order valence-corrected chi connectivity index (χ2v) is 6.93. The van der Waals surface area contributed by atoms with Gasteiger partial charge in [0.2, 0.25) is 11.8 Å². The minimum Gasteiger partial charge on any atom is -0.342 e. The summed E-state index contributed by atoms with van der Waals surface area (Å²) >= 11 is 0. The van der Waals surface area contributed by atoms with Crippen LogP contribution in [0.2, 0.25) is 0 Å². The number of hydrogen-bond donors (Lipinski definition) is 1. The topological polar surface area (TPSA) is 52.7 Å². The highest BCUT2D eigenvalue weighted by Crippen LogP contribution is 2.31. The van der Waals surface area contributed by atoms with Gasteiger partial charge in [-0.15, -0.1) is 0 Å². The van der Waals surface area contributed by atoms with Gasteiger partial charge in [0.15, 0.2) is 0 Å². The van der Waals surface area contributed by atoms with Gasteiger partial charge in [-0.05, 0) is 46.1 Å². The standard InChI is InChI=1S/C15H25N3O2/c1-15(2)14(20)18(9-6-13(19)16-15)12-5-8-17-7-3-4-11(17)10-12/h11-12H,3-10H2,1-2H3,(H,16,19). The van der Waals surface area contributed by atoms with E-state index in [2.05, 4.69) is 10.2 Å². The summed E-state index contributed by atoms with van der Waals surface area (Å²) in [4.78, 5) is 29.0. The third kappa shape index (κ3) is 2.43. The van der Waals surface area contributed by atoms with Crippen molar-refractivity contribution in [3.63, 3.8) is 0 Å². The fraction of sp³-hybridized carbons (Fsp3) is 0.867. The molecule has 112 valence electrons. The highest BCUT2D eigenvalue weighted by atomic mass is 16.2. The Morgan fingerprint density at radius 2 is 1.90 bits per heavy atom. The SMILES string of the molecule is CC1(C)NC(=O)CCN(C2CCN3CCCC3C2)C1=O. The Balaban J connectivity index is 1.75. The summed E-state index contributed by atoms with van der Waals surface area (Å²) in [6, 6.07) is 0.963. The fourth-order valence-electron chi connectivity index (χ4n) is 3.98. The smallest absolute Gasteiger partial charge is 0.248 e. The first kappa shape index (κ1) is 13.9. The van der Waals surface area contributed by atoms with Crippen LogP contribution in [0.25, 0.3) is 0 Å². The quantitative estimate of drug-likeness (QED) is 0.770. The normalized spacial score (nSPS) is 34.6. The van der Waals surface area contributed by atoms with Crippen LogP contribution in [-0.2, 0) is 9.59 Å². The maximum atomic E-state index is 12.7. The third-order valence-corrected chi connectivity index (χ3v) is 5.06. The number of carbonyl (C=O) groups excluding carboxylic acids is 2. The summed E-state index contributed by atoms with van der Waals surface area (Å²) in [5.74, 6) is 0.0731. The molecule has 3 aliphatic rings.